The Morgan fingerprint density at radius 3 is 2.21 bits per heavy atom. The van der Waals surface area contributed by atoms with Crippen molar-refractivity contribution in [3.63, 3.8) is 0 Å². The van der Waals surface area contributed by atoms with Crippen LogP contribution >= 0.6 is 45.2 Å². The molecule has 0 spiro atoms. The maximum absolute atomic E-state index is 4.55. The van der Waals surface area contributed by atoms with Gasteiger partial charge >= 0.3 is 0 Å². The molecule has 5 heteroatoms. The topological polar surface area (TPSA) is 29.0 Å². The molecule has 0 radical (unpaired) electrons. The van der Waals surface area contributed by atoms with Crippen LogP contribution in [0, 0.1) is 21.0 Å². The summed E-state index contributed by atoms with van der Waals surface area (Å²) in [4.78, 5) is 11.3. The molecule has 19 heavy (non-hydrogen) atoms. The van der Waals surface area contributed by atoms with Crippen LogP contribution in [0.2, 0.25) is 0 Å². The molecule has 0 saturated heterocycles. The summed E-state index contributed by atoms with van der Waals surface area (Å²) in [5.74, 6) is 0.777. The fraction of sp³-hybridized carbons (Fsp3) is 0.286. The molecule has 0 aliphatic carbocycles. The Kier molecular flexibility index (Phi) is 4.99. The SMILES string of the molecule is CCN(c1nc(C)cc(C)n1)c1ccc(I)cc1I. The molecule has 0 fully saturated rings. The van der Waals surface area contributed by atoms with Crippen LogP contribution in [0.25, 0.3) is 0 Å². The van der Waals surface area contributed by atoms with Gasteiger partial charge in [0.2, 0.25) is 5.95 Å². The molecule has 0 N–H and O–H groups in total. The number of aryl methyl sites for hydroxylation is 2. The number of hydrogen-bond acceptors (Lipinski definition) is 3. The molecule has 3 nitrogen and oxygen atoms in total. The van der Waals surface area contributed by atoms with E-state index in [4.69, 9.17) is 0 Å². The van der Waals surface area contributed by atoms with E-state index in [0.717, 1.165) is 29.6 Å². The first-order valence-electron chi connectivity index (χ1n) is 6.06. The van der Waals surface area contributed by atoms with E-state index >= 15 is 0 Å². The summed E-state index contributed by atoms with van der Waals surface area (Å²) in [6, 6.07) is 8.41. The molecule has 0 aliphatic rings. The highest BCUT2D eigenvalue weighted by Gasteiger charge is 2.14. The van der Waals surface area contributed by atoms with Crippen molar-refractivity contribution in [2.75, 3.05) is 11.4 Å². The van der Waals surface area contributed by atoms with Crippen molar-refractivity contribution in [1.29, 1.82) is 0 Å². The molecule has 2 aromatic rings. The predicted octanol–water partition coefficient (Wildman–Crippen LogP) is 4.46. The predicted molar refractivity (Wildman–Crippen MR) is 96.1 cm³/mol. The van der Waals surface area contributed by atoms with Crippen molar-refractivity contribution in [1.82, 2.24) is 9.97 Å². The molecule has 1 heterocycles. The third-order valence-corrected chi connectivity index (χ3v) is 4.26. The summed E-state index contributed by atoms with van der Waals surface area (Å²) >= 11 is 4.70. The molecule has 1 aromatic carbocycles. The number of nitrogens with zero attached hydrogens (tertiary/aromatic N) is 3. The van der Waals surface area contributed by atoms with Crippen LogP contribution in [0.15, 0.2) is 24.3 Å². The van der Waals surface area contributed by atoms with E-state index in [1.165, 1.54) is 7.14 Å². The monoisotopic (exact) mass is 479 g/mol. The minimum Gasteiger partial charge on any atom is -0.310 e. The molecule has 2 rings (SSSR count). The standard InChI is InChI=1S/C14H15I2N3/c1-4-19(13-6-5-11(15)8-12(13)16)14-17-9(2)7-10(3)18-14/h5-8H,4H2,1-3H3. The van der Waals surface area contributed by atoms with Gasteiger partial charge in [-0.05, 0) is 90.2 Å². The average molecular weight is 479 g/mol. The van der Waals surface area contributed by atoms with E-state index in [9.17, 15) is 0 Å². The number of hydrogen-bond donors (Lipinski definition) is 0. The highest BCUT2D eigenvalue weighted by Crippen LogP contribution is 2.28. The van der Waals surface area contributed by atoms with Gasteiger partial charge in [-0.1, -0.05) is 0 Å². The number of aromatic nitrogens is 2. The van der Waals surface area contributed by atoms with Gasteiger partial charge in [0, 0.05) is 25.1 Å². The molecule has 0 saturated carbocycles. The van der Waals surface area contributed by atoms with Crippen LogP contribution in [0.3, 0.4) is 0 Å². The van der Waals surface area contributed by atoms with Gasteiger partial charge < -0.3 is 4.90 Å². The highest BCUT2D eigenvalue weighted by atomic mass is 127. The molecule has 100 valence electrons. The summed E-state index contributed by atoms with van der Waals surface area (Å²) in [6.07, 6.45) is 0. The molecular formula is C14H15I2N3. The van der Waals surface area contributed by atoms with E-state index < -0.39 is 0 Å². The molecule has 0 amide bonds. The third-order valence-electron chi connectivity index (χ3n) is 2.73. The largest absolute Gasteiger partial charge is 0.310 e. The second-order valence-electron chi connectivity index (χ2n) is 4.29. The Hall–Kier alpha value is -0.440. The first kappa shape index (κ1) is 15.0. The quantitative estimate of drug-likeness (QED) is 0.610. The van der Waals surface area contributed by atoms with E-state index in [1.807, 2.05) is 19.9 Å². The van der Waals surface area contributed by atoms with Gasteiger partial charge in [-0.2, -0.15) is 0 Å². The van der Waals surface area contributed by atoms with Gasteiger partial charge in [-0.25, -0.2) is 9.97 Å². The fourth-order valence-electron chi connectivity index (χ4n) is 1.95. The lowest BCUT2D eigenvalue weighted by Gasteiger charge is -2.23. The molecular weight excluding hydrogens is 464 g/mol. The summed E-state index contributed by atoms with van der Waals surface area (Å²) in [5, 5.41) is 0. The van der Waals surface area contributed by atoms with Crippen LogP contribution in [-0.2, 0) is 0 Å². The van der Waals surface area contributed by atoms with Gasteiger partial charge in [0.15, 0.2) is 0 Å². The van der Waals surface area contributed by atoms with Crippen molar-refractivity contribution in [2.24, 2.45) is 0 Å². The first-order chi connectivity index (χ1) is 9.01. The fourth-order valence-corrected chi connectivity index (χ4v) is 3.84. The molecule has 1 aromatic heterocycles. The van der Waals surface area contributed by atoms with Crippen LogP contribution in [0.4, 0.5) is 11.6 Å². The van der Waals surface area contributed by atoms with Crippen LogP contribution in [-0.4, -0.2) is 16.5 Å². The van der Waals surface area contributed by atoms with Gasteiger partial charge in [0.1, 0.15) is 0 Å². The number of anilines is 2. The lowest BCUT2D eigenvalue weighted by Crippen LogP contribution is -2.20. The Morgan fingerprint density at radius 1 is 1.05 bits per heavy atom. The van der Waals surface area contributed by atoms with Crippen molar-refractivity contribution in [2.45, 2.75) is 20.8 Å². The Morgan fingerprint density at radius 2 is 1.68 bits per heavy atom. The molecule has 0 aliphatic heterocycles. The van der Waals surface area contributed by atoms with E-state index in [-0.39, 0.29) is 0 Å². The van der Waals surface area contributed by atoms with Crippen LogP contribution < -0.4 is 4.90 Å². The number of rotatable bonds is 3. The average Bonchev–Trinajstić information content (AvgIpc) is 2.31. The second-order valence-corrected chi connectivity index (χ2v) is 6.70. The van der Waals surface area contributed by atoms with Gasteiger partial charge in [0.05, 0.1) is 5.69 Å². The Labute approximate surface area is 141 Å². The van der Waals surface area contributed by atoms with E-state index in [1.54, 1.807) is 0 Å². The smallest absolute Gasteiger partial charge is 0.230 e. The second kappa shape index (κ2) is 6.34. The van der Waals surface area contributed by atoms with Gasteiger partial charge in [-0.3, -0.25) is 0 Å². The van der Waals surface area contributed by atoms with Crippen molar-refractivity contribution in [3.05, 3.63) is 42.8 Å². The Balaban J connectivity index is 2.49. The maximum atomic E-state index is 4.55. The maximum Gasteiger partial charge on any atom is 0.230 e. The number of benzene rings is 1. The zero-order valence-electron chi connectivity index (χ0n) is 11.1. The van der Waals surface area contributed by atoms with Crippen molar-refractivity contribution in [3.8, 4) is 0 Å². The molecule has 0 atom stereocenters. The van der Waals surface area contributed by atoms with Gasteiger partial charge in [-0.15, -0.1) is 0 Å². The van der Waals surface area contributed by atoms with Crippen LogP contribution in [0.5, 0.6) is 0 Å². The summed E-state index contributed by atoms with van der Waals surface area (Å²) in [6.45, 7) is 6.98. The Bertz CT molecular complexity index is 579. The first-order valence-corrected chi connectivity index (χ1v) is 8.22. The van der Waals surface area contributed by atoms with E-state index in [0.29, 0.717) is 0 Å². The molecule has 0 bridgehead atoms. The summed E-state index contributed by atoms with van der Waals surface area (Å²) < 4.78 is 2.46. The summed E-state index contributed by atoms with van der Waals surface area (Å²) in [5.41, 5.74) is 3.16. The summed E-state index contributed by atoms with van der Waals surface area (Å²) in [7, 11) is 0. The van der Waals surface area contributed by atoms with E-state index in [2.05, 4.69) is 85.2 Å². The van der Waals surface area contributed by atoms with Crippen molar-refractivity contribution < 1.29 is 0 Å². The van der Waals surface area contributed by atoms with Crippen LogP contribution in [0.1, 0.15) is 18.3 Å². The lowest BCUT2D eigenvalue weighted by molar-refractivity contribution is 0.918. The minimum absolute atomic E-state index is 0.777. The lowest BCUT2D eigenvalue weighted by atomic mass is 10.3. The zero-order valence-corrected chi connectivity index (χ0v) is 15.4. The van der Waals surface area contributed by atoms with Gasteiger partial charge in [0.25, 0.3) is 0 Å². The van der Waals surface area contributed by atoms with Crippen molar-refractivity contribution >= 4 is 56.8 Å². The third kappa shape index (κ3) is 3.56. The highest BCUT2D eigenvalue weighted by molar-refractivity contribution is 14.1. The minimum atomic E-state index is 0.777. The number of halogens is 2. The normalized spacial score (nSPS) is 10.6. The zero-order chi connectivity index (χ0) is 14.0. The molecule has 0 unspecified atom stereocenters.